The molecule has 0 saturated carbocycles. The molecule has 0 fully saturated rings. The van der Waals surface area contributed by atoms with Crippen LogP contribution < -0.4 is 10.1 Å². The first-order valence-corrected chi connectivity index (χ1v) is 9.35. The third-order valence-corrected chi connectivity index (χ3v) is 5.22. The Kier molecular flexibility index (Phi) is 4.89. The predicted octanol–water partition coefficient (Wildman–Crippen LogP) is 3.28. The fourth-order valence-electron chi connectivity index (χ4n) is 2.92. The molecule has 3 N–H and O–H groups in total. The van der Waals surface area contributed by atoms with Crippen LogP contribution in [-0.4, -0.2) is 43.2 Å². The summed E-state index contributed by atoms with van der Waals surface area (Å²) in [4.78, 5) is 26.8. The predicted molar refractivity (Wildman–Crippen MR) is 102 cm³/mol. The Labute approximate surface area is 174 Å². The highest BCUT2D eigenvalue weighted by Gasteiger charge is 2.34. The number of hydrogen-bond acceptors (Lipinski definition) is 7. The standard InChI is InChI=1S/C18H11F3N4O5S/c19-18(20,21)9-6-31-15-8(9)2-1-3-11(15)30-12-4-10(26)14(16-23-7-24-25(12)16)17(29)22-5-13(27)28/h1-4,6-7,26H,5H2,(H,22,29)(H,27,28). The second kappa shape index (κ2) is 7.43. The maximum atomic E-state index is 13.2. The summed E-state index contributed by atoms with van der Waals surface area (Å²) in [5, 5.41) is 26.0. The molecule has 1 aromatic carbocycles. The second-order valence-corrected chi connectivity index (χ2v) is 7.08. The maximum absolute atomic E-state index is 13.2. The van der Waals surface area contributed by atoms with Crippen LogP contribution in [0.5, 0.6) is 17.4 Å². The van der Waals surface area contributed by atoms with Crippen LogP contribution >= 0.6 is 11.3 Å². The average Bonchev–Trinajstić information content (AvgIpc) is 3.33. The van der Waals surface area contributed by atoms with Crippen LogP contribution in [0.2, 0.25) is 0 Å². The van der Waals surface area contributed by atoms with E-state index in [0.29, 0.717) is 0 Å². The molecule has 0 aliphatic rings. The Bertz CT molecular complexity index is 1330. The maximum Gasteiger partial charge on any atom is 0.417 e. The first kappa shape index (κ1) is 20.4. The molecule has 0 bridgehead atoms. The fraction of sp³-hybridized carbons (Fsp3) is 0.111. The van der Waals surface area contributed by atoms with Crippen molar-refractivity contribution in [2.45, 2.75) is 6.18 Å². The van der Waals surface area contributed by atoms with Gasteiger partial charge < -0.3 is 20.3 Å². The van der Waals surface area contributed by atoms with Crippen LogP contribution in [0, 0.1) is 0 Å². The van der Waals surface area contributed by atoms with Crippen molar-refractivity contribution in [2.75, 3.05) is 6.54 Å². The van der Waals surface area contributed by atoms with Gasteiger partial charge in [0.25, 0.3) is 5.91 Å². The number of halogens is 3. The Morgan fingerprint density at radius 3 is 2.77 bits per heavy atom. The van der Waals surface area contributed by atoms with Crippen molar-refractivity contribution in [3.63, 3.8) is 0 Å². The summed E-state index contributed by atoms with van der Waals surface area (Å²) >= 11 is 0.843. The molecule has 0 atom stereocenters. The molecule has 0 aliphatic heterocycles. The molecule has 160 valence electrons. The van der Waals surface area contributed by atoms with E-state index in [0.717, 1.165) is 33.6 Å². The molecule has 13 heteroatoms. The number of carboxylic acid groups (broad SMARTS) is 1. The summed E-state index contributed by atoms with van der Waals surface area (Å²) in [7, 11) is 0. The lowest BCUT2D eigenvalue weighted by molar-refractivity contribution is -0.136. The van der Waals surface area contributed by atoms with Crippen molar-refractivity contribution in [2.24, 2.45) is 0 Å². The molecule has 3 heterocycles. The number of thiophene rings is 1. The molecule has 4 aromatic rings. The summed E-state index contributed by atoms with van der Waals surface area (Å²) < 4.78 is 46.6. The van der Waals surface area contributed by atoms with Crippen molar-refractivity contribution >= 4 is 38.9 Å². The van der Waals surface area contributed by atoms with Crippen molar-refractivity contribution in [1.82, 2.24) is 19.9 Å². The largest absolute Gasteiger partial charge is 0.507 e. The van der Waals surface area contributed by atoms with E-state index < -0.39 is 35.9 Å². The number of pyridine rings is 1. The number of carbonyl (C=O) groups excluding carboxylic acids is 1. The Morgan fingerprint density at radius 2 is 2.06 bits per heavy atom. The van der Waals surface area contributed by atoms with E-state index in [-0.39, 0.29) is 32.9 Å². The lowest BCUT2D eigenvalue weighted by atomic mass is 10.1. The molecule has 0 spiro atoms. The topological polar surface area (TPSA) is 126 Å². The number of alkyl halides is 3. The van der Waals surface area contributed by atoms with Gasteiger partial charge in [-0.3, -0.25) is 9.59 Å². The quantitative estimate of drug-likeness (QED) is 0.424. The summed E-state index contributed by atoms with van der Waals surface area (Å²) in [6.45, 7) is -0.682. The minimum absolute atomic E-state index is 0.0428. The number of benzene rings is 1. The van der Waals surface area contributed by atoms with Crippen LogP contribution in [0.15, 0.2) is 36.0 Å². The Balaban J connectivity index is 1.77. The first-order chi connectivity index (χ1) is 14.7. The number of carboxylic acids is 1. The number of aliphatic carboxylic acids is 1. The number of amides is 1. The van der Waals surface area contributed by atoms with Gasteiger partial charge >= 0.3 is 12.1 Å². The summed E-state index contributed by atoms with van der Waals surface area (Å²) in [6.07, 6.45) is -3.46. The van der Waals surface area contributed by atoms with Crippen LogP contribution in [0.25, 0.3) is 15.7 Å². The smallest absolute Gasteiger partial charge is 0.417 e. The molecule has 0 saturated heterocycles. The van der Waals surface area contributed by atoms with E-state index >= 15 is 0 Å². The second-order valence-electron chi connectivity index (χ2n) is 6.20. The minimum Gasteiger partial charge on any atom is -0.507 e. The van der Waals surface area contributed by atoms with E-state index in [4.69, 9.17) is 9.84 Å². The molecule has 4 rings (SSSR count). The minimum atomic E-state index is -4.53. The normalized spacial score (nSPS) is 11.7. The molecular weight excluding hydrogens is 441 g/mol. The van der Waals surface area contributed by atoms with Gasteiger partial charge in [-0.05, 0) is 6.07 Å². The molecule has 0 unspecified atom stereocenters. The van der Waals surface area contributed by atoms with E-state index in [9.17, 15) is 27.9 Å². The molecule has 0 radical (unpaired) electrons. The van der Waals surface area contributed by atoms with Crippen LogP contribution in [0.1, 0.15) is 15.9 Å². The number of fused-ring (bicyclic) bond motifs is 2. The molecule has 1 amide bonds. The van der Waals surface area contributed by atoms with Gasteiger partial charge in [0.1, 0.15) is 29.9 Å². The number of aromatic nitrogens is 3. The van der Waals surface area contributed by atoms with Gasteiger partial charge in [-0.2, -0.15) is 22.8 Å². The number of carbonyl (C=O) groups is 2. The average molecular weight is 452 g/mol. The monoisotopic (exact) mass is 452 g/mol. The lowest BCUT2D eigenvalue weighted by Crippen LogP contribution is -2.29. The highest BCUT2D eigenvalue weighted by Crippen LogP contribution is 2.43. The van der Waals surface area contributed by atoms with Gasteiger partial charge in [0, 0.05) is 16.8 Å². The molecule has 0 aliphatic carbocycles. The van der Waals surface area contributed by atoms with Crippen molar-refractivity contribution < 1.29 is 37.7 Å². The van der Waals surface area contributed by atoms with E-state index in [1.54, 1.807) is 0 Å². The van der Waals surface area contributed by atoms with Gasteiger partial charge in [0.2, 0.25) is 5.88 Å². The number of ether oxygens (including phenoxy) is 1. The number of hydrogen-bond donors (Lipinski definition) is 3. The van der Waals surface area contributed by atoms with Crippen LogP contribution in [-0.2, 0) is 11.0 Å². The van der Waals surface area contributed by atoms with Gasteiger partial charge in [-0.25, -0.2) is 4.98 Å². The lowest BCUT2D eigenvalue weighted by Gasteiger charge is -2.12. The Hall–Kier alpha value is -3.87. The number of aromatic hydroxyl groups is 1. The van der Waals surface area contributed by atoms with Crippen molar-refractivity contribution in [3.05, 3.63) is 47.1 Å². The third kappa shape index (κ3) is 3.70. The number of rotatable bonds is 5. The van der Waals surface area contributed by atoms with Crippen molar-refractivity contribution in [3.8, 4) is 17.4 Å². The SMILES string of the molecule is O=C(O)CNC(=O)c1c(O)cc(Oc2cccc3c(C(F)(F)F)csc23)n2ncnc12. The molecule has 9 nitrogen and oxygen atoms in total. The van der Waals surface area contributed by atoms with Gasteiger partial charge in [-0.15, -0.1) is 11.3 Å². The van der Waals surface area contributed by atoms with Crippen molar-refractivity contribution in [1.29, 1.82) is 0 Å². The van der Waals surface area contributed by atoms with E-state index in [1.807, 2.05) is 0 Å². The van der Waals surface area contributed by atoms with E-state index in [1.165, 1.54) is 18.2 Å². The first-order valence-electron chi connectivity index (χ1n) is 8.47. The Morgan fingerprint density at radius 1 is 1.29 bits per heavy atom. The highest BCUT2D eigenvalue weighted by atomic mass is 32.1. The highest BCUT2D eigenvalue weighted by molar-refractivity contribution is 7.17. The van der Waals surface area contributed by atoms with Crippen LogP contribution in [0.4, 0.5) is 13.2 Å². The van der Waals surface area contributed by atoms with Gasteiger partial charge in [0.15, 0.2) is 5.65 Å². The number of nitrogens with one attached hydrogen (secondary N) is 1. The number of nitrogens with zero attached hydrogens (tertiary/aromatic N) is 3. The summed E-state index contributed by atoms with van der Waals surface area (Å²) in [6, 6.07) is 5.20. The molecule has 31 heavy (non-hydrogen) atoms. The van der Waals surface area contributed by atoms with Gasteiger partial charge in [0.05, 0.1) is 10.3 Å². The summed E-state index contributed by atoms with van der Waals surface area (Å²) in [5.41, 5.74) is -1.26. The third-order valence-electron chi connectivity index (χ3n) is 4.21. The summed E-state index contributed by atoms with van der Waals surface area (Å²) in [5.74, 6) is -2.80. The zero-order valence-corrected chi connectivity index (χ0v) is 16.0. The zero-order chi connectivity index (χ0) is 22.3. The van der Waals surface area contributed by atoms with E-state index in [2.05, 4.69) is 15.4 Å². The van der Waals surface area contributed by atoms with Crippen LogP contribution in [0.3, 0.4) is 0 Å². The zero-order valence-electron chi connectivity index (χ0n) is 15.2. The fourth-order valence-corrected chi connectivity index (χ4v) is 3.94. The van der Waals surface area contributed by atoms with Gasteiger partial charge in [-0.1, -0.05) is 12.1 Å². The molecule has 3 aromatic heterocycles. The molecular formula is C18H11F3N4O5S.